The highest BCUT2D eigenvalue weighted by Gasteiger charge is 2.18. The number of nitrogens with zero attached hydrogens (tertiary/aromatic N) is 2. The number of amides is 1. The molecule has 0 saturated carbocycles. The van der Waals surface area contributed by atoms with Crippen molar-refractivity contribution in [3.05, 3.63) is 84.3 Å². The summed E-state index contributed by atoms with van der Waals surface area (Å²) in [6.07, 6.45) is 4.77. The lowest BCUT2D eigenvalue weighted by molar-refractivity contribution is 0.0852. The molecule has 0 fully saturated rings. The molecule has 3 aromatic rings. The number of benzene rings is 2. The van der Waals surface area contributed by atoms with Crippen LogP contribution in [-0.4, -0.2) is 33.1 Å². The first-order valence-electron chi connectivity index (χ1n) is 8.53. The van der Waals surface area contributed by atoms with E-state index in [0.29, 0.717) is 12.0 Å². The van der Waals surface area contributed by atoms with Gasteiger partial charge < -0.3 is 10.4 Å². The van der Waals surface area contributed by atoms with Crippen molar-refractivity contribution in [2.45, 2.75) is 25.5 Å². The predicted octanol–water partition coefficient (Wildman–Crippen LogP) is 2.87. The summed E-state index contributed by atoms with van der Waals surface area (Å²) < 4.78 is 0. The summed E-state index contributed by atoms with van der Waals surface area (Å²) in [6.45, 7) is 1.80. The molecule has 0 unspecified atom stereocenters. The molecule has 5 nitrogen and oxygen atoms in total. The molecule has 2 atom stereocenters. The second-order valence-electron chi connectivity index (χ2n) is 6.19. The maximum atomic E-state index is 12.4. The van der Waals surface area contributed by atoms with Crippen LogP contribution >= 0.6 is 0 Å². The van der Waals surface area contributed by atoms with Crippen molar-refractivity contribution in [3.8, 4) is 11.3 Å². The summed E-state index contributed by atoms with van der Waals surface area (Å²) in [4.78, 5) is 20.7. The first-order chi connectivity index (χ1) is 12.6. The average molecular weight is 347 g/mol. The van der Waals surface area contributed by atoms with Gasteiger partial charge in [-0.1, -0.05) is 42.5 Å². The summed E-state index contributed by atoms with van der Waals surface area (Å²) in [5.74, 6) is -0.213. The number of hydrogen-bond acceptors (Lipinski definition) is 4. The van der Waals surface area contributed by atoms with Gasteiger partial charge in [0.25, 0.3) is 5.91 Å². The van der Waals surface area contributed by atoms with Gasteiger partial charge >= 0.3 is 0 Å². The number of carbonyl (C=O) groups is 1. The molecule has 0 bridgehead atoms. The first kappa shape index (κ1) is 17.8. The van der Waals surface area contributed by atoms with Crippen LogP contribution in [0.5, 0.6) is 0 Å². The molecule has 0 spiro atoms. The maximum absolute atomic E-state index is 12.4. The van der Waals surface area contributed by atoms with Crippen LogP contribution in [0.1, 0.15) is 22.8 Å². The Morgan fingerprint density at radius 3 is 2.46 bits per heavy atom. The Morgan fingerprint density at radius 2 is 1.81 bits per heavy atom. The first-order valence-corrected chi connectivity index (χ1v) is 8.53. The largest absolute Gasteiger partial charge is 0.391 e. The van der Waals surface area contributed by atoms with Crippen LogP contribution in [0.4, 0.5) is 0 Å². The van der Waals surface area contributed by atoms with Crippen LogP contribution in [0, 0.1) is 0 Å². The van der Waals surface area contributed by atoms with E-state index in [1.807, 2.05) is 42.5 Å². The molecular weight excluding hydrogens is 326 g/mol. The SMILES string of the molecule is C[C@@H](NC(=O)c1ccc(-c2cnccn2)cc1)[C@@H](O)Cc1ccccc1. The van der Waals surface area contributed by atoms with E-state index in [0.717, 1.165) is 16.8 Å². The molecule has 1 heterocycles. The lowest BCUT2D eigenvalue weighted by Crippen LogP contribution is -2.42. The van der Waals surface area contributed by atoms with E-state index in [1.165, 1.54) is 0 Å². The molecule has 1 aromatic heterocycles. The Hall–Kier alpha value is -3.05. The third kappa shape index (κ3) is 4.52. The highest BCUT2D eigenvalue weighted by molar-refractivity contribution is 5.94. The normalized spacial score (nSPS) is 13.0. The molecule has 0 radical (unpaired) electrons. The molecule has 0 aliphatic carbocycles. The van der Waals surface area contributed by atoms with Crippen LogP contribution in [0.2, 0.25) is 0 Å². The Balaban J connectivity index is 1.60. The molecule has 2 N–H and O–H groups in total. The van der Waals surface area contributed by atoms with Gasteiger partial charge in [-0.3, -0.25) is 14.8 Å². The number of carbonyl (C=O) groups excluding carboxylic acids is 1. The minimum atomic E-state index is -0.653. The molecular formula is C21H21N3O2. The van der Waals surface area contributed by atoms with E-state index < -0.39 is 6.10 Å². The fourth-order valence-corrected chi connectivity index (χ4v) is 2.66. The summed E-state index contributed by atoms with van der Waals surface area (Å²) in [6, 6.07) is 16.5. The smallest absolute Gasteiger partial charge is 0.251 e. The topological polar surface area (TPSA) is 75.1 Å². The van der Waals surface area contributed by atoms with Crippen LogP contribution in [0.15, 0.2) is 73.2 Å². The number of rotatable bonds is 6. The molecule has 0 aliphatic heterocycles. The quantitative estimate of drug-likeness (QED) is 0.719. The number of aromatic nitrogens is 2. The lowest BCUT2D eigenvalue weighted by atomic mass is 10.0. The number of nitrogens with one attached hydrogen (secondary N) is 1. The summed E-state index contributed by atoms with van der Waals surface area (Å²) in [5, 5.41) is 13.2. The number of aliphatic hydroxyl groups excluding tert-OH is 1. The predicted molar refractivity (Wildman–Crippen MR) is 101 cm³/mol. The fraction of sp³-hybridized carbons (Fsp3) is 0.190. The van der Waals surface area contributed by atoms with Crippen LogP contribution in [-0.2, 0) is 6.42 Å². The Labute approximate surface area is 152 Å². The third-order valence-electron chi connectivity index (χ3n) is 4.23. The Bertz CT molecular complexity index is 836. The standard InChI is InChI=1S/C21H21N3O2/c1-15(20(25)13-16-5-3-2-4-6-16)24-21(26)18-9-7-17(8-10-18)19-14-22-11-12-23-19/h2-12,14-15,20,25H,13H2,1H3,(H,24,26)/t15-,20+/m1/s1. The van der Waals surface area contributed by atoms with Crippen LogP contribution in [0.3, 0.4) is 0 Å². The minimum absolute atomic E-state index is 0.213. The summed E-state index contributed by atoms with van der Waals surface area (Å²) >= 11 is 0. The van der Waals surface area contributed by atoms with Crippen LogP contribution in [0.25, 0.3) is 11.3 Å². The van der Waals surface area contributed by atoms with Gasteiger partial charge in [-0.25, -0.2) is 0 Å². The molecule has 132 valence electrons. The van der Waals surface area contributed by atoms with Gasteiger partial charge in [-0.05, 0) is 24.6 Å². The molecule has 3 rings (SSSR count). The van der Waals surface area contributed by atoms with E-state index in [1.54, 1.807) is 37.6 Å². The second-order valence-corrected chi connectivity index (χ2v) is 6.19. The van der Waals surface area contributed by atoms with Gasteiger partial charge in [0.15, 0.2) is 0 Å². The van der Waals surface area contributed by atoms with Gasteiger partial charge in [0, 0.05) is 29.9 Å². The van der Waals surface area contributed by atoms with Crippen molar-refractivity contribution in [2.24, 2.45) is 0 Å². The molecule has 0 saturated heterocycles. The lowest BCUT2D eigenvalue weighted by Gasteiger charge is -2.20. The number of hydrogen-bond donors (Lipinski definition) is 2. The number of aliphatic hydroxyl groups is 1. The third-order valence-corrected chi connectivity index (χ3v) is 4.23. The molecule has 2 aromatic carbocycles. The van der Waals surface area contributed by atoms with E-state index >= 15 is 0 Å². The maximum Gasteiger partial charge on any atom is 0.251 e. The van der Waals surface area contributed by atoms with E-state index in [4.69, 9.17) is 0 Å². The van der Waals surface area contributed by atoms with Crippen molar-refractivity contribution < 1.29 is 9.90 Å². The Kier molecular flexibility index (Phi) is 5.71. The van der Waals surface area contributed by atoms with E-state index in [2.05, 4.69) is 15.3 Å². The highest BCUT2D eigenvalue weighted by atomic mass is 16.3. The van der Waals surface area contributed by atoms with Crippen molar-refractivity contribution in [2.75, 3.05) is 0 Å². The fourth-order valence-electron chi connectivity index (χ4n) is 2.66. The van der Waals surface area contributed by atoms with Gasteiger partial charge in [0.1, 0.15) is 0 Å². The summed E-state index contributed by atoms with van der Waals surface area (Å²) in [5.41, 5.74) is 3.23. The Morgan fingerprint density at radius 1 is 1.08 bits per heavy atom. The zero-order valence-corrected chi connectivity index (χ0v) is 14.5. The highest BCUT2D eigenvalue weighted by Crippen LogP contribution is 2.16. The molecule has 1 amide bonds. The van der Waals surface area contributed by atoms with Crippen LogP contribution < -0.4 is 5.32 Å². The van der Waals surface area contributed by atoms with Crippen molar-refractivity contribution in [1.29, 1.82) is 0 Å². The van der Waals surface area contributed by atoms with Gasteiger partial charge in [-0.15, -0.1) is 0 Å². The zero-order valence-electron chi connectivity index (χ0n) is 14.5. The van der Waals surface area contributed by atoms with Gasteiger partial charge in [0.05, 0.1) is 24.0 Å². The average Bonchev–Trinajstić information content (AvgIpc) is 2.69. The van der Waals surface area contributed by atoms with Gasteiger partial charge in [-0.2, -0.15) is 0 Å². The zero-order chi connectivity index (χ0) is 18.4. The summed E-state index contributed by atoms with van der Waals surface area (Å²) in [7, 11) is 0. The second kappa shape index (κ2) is 8.36. The van der Waals surface area contributed by atoms with Crippen molar-refractivity contribution in [3.63, 3.8) is 0 Å². The van der Waals surface area contributed by atoms with Crippen molar-refractivity contribution in [1.82, 2.24) is 15.3 Å². The molecule has 5 heteroatoms. The monoisotopic (exact) mass is 347 g/mol. The molecule has 0 aliphatic rings. The van der Waals surface area contributed by atoms with Gasteiger partial charge in [0.2, 0.25) is 0 Å². The molecule has 26 heavy (non-hydrogen) atoms. The van der Waals surface area contributed by atoms with E-state index in [-0.39, 0.29) is 11.9 Å². The van der Waals surface area contributed by atoms with Crippen molar-refractivity contribution >= 4 is 5.91 Å². The minimum Gasteiger partial charge on any atom is -0.391 e. The van der Waals surface area contributed by atoms with E-state index in [9.17, 15) is 9.90 Å².